The molecule has 0 N–H and O–H groups in total. The minimum Gasteiger partial charge on any atom is -0.374 e. The molecule has 6 aromatic carbocycles. The van der Waals surface area contributed by atoms with Crippen LogP contribution in [-0.4, -0.2) is 63.2 Å². The fourth-order valence-electron chi connectivity index (χ4n) is 8.85. The summed E-state index contributed by atoms with van der Waals surface area (Å²) in [5.74, 6) is -5.68. The van der Waals surface area contributed by atoms with Crippen LogP contribution in [-0.2, 0) is 56.6 Å². The van der Waals surface area contributed by atoms with Crippen molar-refractivity contribution < 1.29 is 36.9 Å². The molecule has 2 aliphatic rings. The maximum absolute atomic E-state index is 14.7. The van der Waals surface area contributed by atoms with Gasteiger partial charge in [-0.05, 0) is 46.4 Å². The van der Waals surface area contributed by atoms with Gasteiger partial charge in [0.05, 0.1) is 45.3 Å². The molecule has 328 valence electrons. The van der Waals surface area contributed by atoms with Crippen LogP contribution in [0.4, 0.5) is 13.2 Å². The normalized spacial score (nSPS) is 22.0. The molecule has 0 amide bonds. The van der Waals surface area contributed by atoms with Crippen LogP contribution in [0.15, 0.2) is 170 Å². The Bertz CT molecular complexity index is 2480. The third-order valence-corrected chi connectivity index (χ3v) is 11.9. The molecule has 1 spiro atoms. The van der Waals surface area contributed by atoms with Crippen LogP contribution in [0.5, 0.6) is 0 Å². The largest absolute Gasteiger partial charge is 0.374 e. The van der Waals surface area contributed by atoms with E-state index in [0.29, 0.717) is 32.7 Å². The number of nitrogens with zero attached hydrogens (tertiary/aromatic N) is 4. The highest BCUT2D eigenvalue weighted by Crippen LogP contribution is 2.48. The molecule has 7 aromatic rings. The highest BCUT2D eigenvalue weighted by Gasteiger charge is 2.64. The minimum absolute atomic E-state index is 0.0163. The van der Waals surface area contributed by atoms with E-state index in [1.807, 2.05) is 127 Å². The summed E-state index contributed by atoms with van der Waals surface area (Å²) in [6.07, 6.45) is -0.304. The van der Waals surface area contributed by atoms with Gasteiger partial charge in [-0.1, -0.05) is 157 Å². The van der Waals surface area contributed by atoms with Crippen molar-refractivity contribution in [3.8, 4) is 11.3 Å². The molecule has 9 nitrogen and oxygen atoms in total. The standard InChI is InChI=1S/C52H49F3N4O5/c53-43-28-42(29-44(54)48(43)55)45-32-59(57-56-45)49-50(61-34-40-22-12-4-13-23-40)46(36-60-33-39-20-10-3-11-21-39)64-52(51(49)62-35-41-24-14-5-15-25-41)47(26-27-63-52)58(30-37-16-6-1-7-17-37)31-38-18-8-2-9-19-38/h1-25,28-29,32,46-47,49-51H,26-27,30-31,33-36H2/t46-,47?,49+,50+,51-,52+/m1/s1. The molecule has 1 unspecified atom stereocenters. The second-order valence-electron chi connectivity index (χ2n) is 16.2. The summed E-state index contributed by atoms with van der Waals surface area (Å²) in [7, 11) is 0. The number of halogens is 3. The zero-order valence-corrected chi connectivity index (χ0v) is 35.2. The average molecular weight is 867 g/mol. The Labute approximate surface area is 370 Å². The summed E-state index contributed by atoms with van der Waals surface area (Å²) >= 11 is 0. The van der Waals surface area contributed by atoms with Crippen LogP contribution < -0.4 is 0 Å². The summed E-state index contributed by atoms with van der Waals surface area (Å²) in [6.45, 7) is 2.29. The molecule has 9 rings (SSSR count). The maximum atomic E-state index is 14.7. The molecule has 2 saturated heterocycles. The Hall–Kier alpha value is -5.99. The van der Waals surface area contributed by atoms with Crippen LogP contribution in [0.25, 0.3) is 11.3 Å². The van der Waals surface area contributed by atoms with Gasteiger partial charge in [0, 0.05) is 18.7 Å². The molecule has 64 heavy (non-hydrogen) atoms. The summed E-state index contributed by atoms with van der Waals surface area (Å²) in [6, 6.07) is 50.7. The predicted molar refractivity (Wildman–Crippen MR) is 235 cm³/mol. The van der Waals surface area contributed by atoms with Crippen molar-refractivity contribution in [1.82, 2.24) is 19.9 Å². The van der Waals surface area contributed by atoms with Crippen molar-refractivity contribution in [1.29, 1.82) is 0 Å². The second-order valence-corrected chi connectivity index (χ2v) is 16.2. The topological polar surface area (TPSA) is 80.1 Å². The van der Waals surface area contributed by atoms with Crippen molar-refractivity contribution in [2.24, 2.45) is 0 Å². The molecule has 3 heterocycles. The van der Waals surface area contributed by atoms with E-state index in [1.165, 1.54) is 0 Å². The smallest absolute Gasteiger partial charge is 0.213 e. The first kappa shape index (κ1) is 43.3. The molecule has 12 heteroatoms. The highest BCUT2D eigenvalue weighted by molar-refractivity contribution is 5.58. The Morgan fingerprint density at radius 2 is 1.14 bits per heavy atom. The molecule has 0 bridgehead atoms. The van der Waals surface area contributed by atoms with Gasteiger partial charge < -0.3 is 23.7 Å². The third-order valence-electron chi connectivity index (χ3n) is 11.9. The van der Waals surface area contributed by atoms with Gasteiger partial charge in [0.25, 0.3) is 0 Å². The number of hydrogen-bond donors (Lipinski definition) is 0. The zero-order chi connectivity index (χ0) is 43.7. The molecular weight excluding hydrogens is 818 g/mol. The average Bonchev–Trinajstić information content (AvgIpc) is 4.00. The van der Waals surface area contributed by atoms with Crippen molar-refractivity contribution >= 4 is 0 Å². The van der Waals surface area contributed by atoms with E-state index in [1.54, 1.807) is 10.9 Å². The van der Waals surface area contributed by atoms with Crippen LogP contribution in [0, 0.1) is 17.5 Å². The number of aromatic nitrogens is 3. The number of benzene rings is 6. The van der Waals surface area contributed by atoms with E-state index in [4.69, 9.17) is 23.7 Å². The van der Waals surface area contributed by atoms with Crippen LogP contribution in [0.2, 0.25) is 0 Å². The van der Waals surface area contributed by atoms with E-state index in [-0.39, 0.29) is 37.1 Å². The third kappa shape index (κ3) is 9.88. The Morgan fingerprint density at radius 1 is 0.641 bits per heavy atom. The lowest BCUT2D eigenvalue weighted by Gasteiger charge is -2.54. The lowest BCUT2D eigenvalue weighted by Crippen LogP contribution is -2.69. The first-order valence-corrected chi connectivity index (χ1v) is 21.6. The molecule has 0 aliphatic carbocycles. The maximum Gasteiger partial charge on any atom is 0.213 e. The summed E-state index contributed by atoms with van der Waals surface area (Å²) in [5.41, 5.74) is 5.20. The van der Waals surface area contributed by atoms with Crippen molar-refractivity contribution in [2.45, 2.75) is 75.5 Å². The molecule has 2 aliphatic heterocycles. The van der Waals surface area contributed by atoms with Gasteiger partial charge in [-0.25, -0.2) is 17.9 Å². The number of hydrogen-bond acceptors (Lipinski definition) is 8. The van der Waals surface area contributed by atoms with Gasteiger partial charge >= 0.3 is 0 Å². The van der Waals surface area contributed by atoms with Gasteiger partial charge in [-0.15, -0.1) is 5.10 Å². The van der Waals surface area contributed by atoms with Gasteiger partial charge in [-0.2, -0.15) is 0 Å². The molecule has 0 saturated carbocycles. The van der Waals surface area contributed by atoms with Crippen LogP contribution in [0.1, 0.15) is 40.3 Å². The van der Waals surface area contributed by atoms with E-state index in [2.05, 4.69) is 39.5 Å². The molecule has 6 atom stereocenters. The van der Waals surface area contributed by atoms with Crippen molar-refractivity contribution in [3.63, 3.8) is 0 Å². The molecule has 2 fully saturated rings. The van der Waals surface area contributed by atoms with E-state index < -0.39 is 47.6 Å². The Kier molecular flexibility index (Phi) is 13.7. The van der Waals surface area contributed by atoms with Crippen LogP contribution in [0.3, 0.4) is 0 Å². The Balaban J connectivity index is 1.19. The van der Waals surface area contributed by atoms with Gasteiger partial charge in [0.1, 0.15) is 30.0 Å². The second kappa shape index (κ2) is 20.2. The number of rotatable bonds is 17. The van der Waals surface area contributed by atoms with Gasteiger partial charge in [0.2, 0.25) is 5.79 Å². The van der Waals surface area contributed by atoms with Gasteiger partial charge in [0.15, 0.2) is 17.5 Å². The fourth-order valence-corrected chi connectivity index (χ4v) is 8.85. The van der Waals surface area contributed by atoms with E-state index in [0.717, 1.165) is 39.9 Å². The van der Waals surface area contributed by atoms with Gasteiger partial charge in [-0.3, -0.25) is 4.90 Å². The molecule has 0 radical (unpaired) electrons. The van der Waals surface area contributed by atoms with E-state index in [9.17, 15) is 13.2 Å². The Morgan fingerprint density at radius 3 is 1.69 bits per heavy atom. The summed E-state index contributed by atoms with van der Waals surface area (Å²) in [5, 5.41) is 9.04. The minimum atomic E-state index is -1.57. The summed E-state index contributed by atoms with van der Waals surface area (Å²) < 4.78 is 80.4. The lowest BCUT2D eigenvalue weighted by molar-refractivity contribution is -0.368. The highest BCUT2D eigenvalue weighted by atomic mass is 19.2. The first-order valence-electron chi connectivity index (χ1n) is 21.6. The summed E-state index contributed by atoms with van der Waals surface area (Å²) in [4.78, 5) is 2.39. The van der Waals surface area contributed by atoms with E-state index >= 15 is 0 Å². The lowest BCUT2D eigenvalue weighted by atomic mass is 9.84. The van der Waals surface area contributed by atoms with Crippen molar-refractivity contribution in [2.75, 3.05) is 13.2 Å². The van der Waals surface area contributed by atoms with Crippen molar-refractivity contribution in [3.05, 3.63) is 215 Å². The number of ether oxygens (including phenoxy) is 5. The predicted octanol–water partition coefficient (Wildman–Crippen LogP) is 9.88. The molecule has 1 aromatic heterocycles. The SMILES string of the molecule is Fc1cc(-c2cn([C@H]3[C@@H](OCc4ccccc4)[C@@H](COCc4ccccc4)O[C@]4(OCCC4N(Cc4ccccc4)Cc4ccccc4)[C@@H]3OCc3ccccc3)nn2)cc(F)c1F. The molecular formula is C52H49F3N4O5. The fraction of sp³-hybridized carbons (Fsp3) is 0.269. The quantitative estimate of drug-likeness (QED) is 0.0838. The monoisotopic (exact) mass is 866 g/mol. The van der Waals surface area contributed by atoms with Crippen LogP contribution >= 0.6 is 0 Å². The first-order chi connectivity index (χ1) is 31.4. The zero-order valence-electron chi connectivity index (χ0n) is 35.2.